The van der Waals surface area contributed by atoms with Gasteiger partial charge in [0.25, 0.3) is 0 Å². The number of hydrogen-bond donors (Lipinski definition) is 2. The zero-order chi connectivity index (χ0) is 19.0. The predicted octanol–water partition coefficient (Wildman–Crippen LogP) is 3.50. The van der Waals surface area contributed by atoms with Crippen molar-refractivity contribution in [3.8, 4) is 11.6 Å². The Kier molecular flexibility index (Phi) is 4.21. The van der Waals surface area contributed by atoms with Gasteiger partial charge in [-0.2, -0.15) is 13.2 Å². The molecule has 1 aliphatic carbocycles. The topological polar surface area (TPSA) is 83.8 Å². The summed E-state index contributed by atoms with van der Waals surface area (Å²) < 4.78 is 43.6. The average molecular weight is 376 g/mol. The van der Waals surface area contributed by atoms with Crippen molar-refractivity contribution >= 4 is 5.91 Å². The summed E-state index contributed by atoms with van der Waals surface area (Å²) in [6.45, 7) is 0.151. The maximum Gasteiger partial charge on any atom is 0.416 e. The Labute approximate surface area is 151 Å². The van der Waals surface area contributed by atoms with Crippen LogP contribution in [-0.4, -0.2) is 21.1 Å². The van der Waals surface area contributed by atoms with Crippen LogP contribution in [0.5, 0.6) is 0 Å². The number of nitrogens with one attached hydrogen (secondary N) is 2. The Balaban J connectivity index is 1.34. The molecule has 1 saturated carbocycles. The molecule has 3 aromatic rings. The van der Waals surface area contributed by atoms with E-state index in [9.17, 15) is 18.0 Å². The Hall–Kier alpha value is -3.10. The summed E-state index contributed by atoms with van der Waals surface area (Å²) in [7, 11) is 0. The minimum atomic E-state index is -4.39. The van der Waals surface area contributed by atoms with Gasteiger partial charge in [0.2, 0.25) is 11.7 Å². The van der Waals surface area contributed by atoms with E-state index in [1.54, 1.807) is 18.2 Å². The largest absolute Gasteiger partial charge is 0.461 e. The second-order valence-corrected chi connectivity index (χ2v) is 6.37. The molecule has 1 aliphatic rings. The Morgan fingerprint density at radius 3 is 2.89 bits per heavy atom. The Bertz CT molecular complexity index is 950. The van der Waals surface area contributed by atoms with Crippen molar-refractivity contribution in [2.75, 3.05) is 0 Å². The van der Waals surface area contributed by atoms with Gasteiger partial charge in [-0.1, -0.05) is 18.2 Å². The van der Waals surface area contributed by atoms with E-state index in [-0.39, 0.29) is 24.3 Å². The van der Waals surface area contributed by atoms with Crippen molar-refractivity contribution in [3.05, 3.63) is 59.6 Å². The summed E-state index contributed by atoms with van der Waals surface area (Å²) >= 11 is 0. The fourth-order valence-electron chi connectivity index (χ4n) is 2.99. The number of hydrogen-bond acceptors (Lipinski definition) is 4. The van der Waals surface area contributed by atoms with Gasteiger partial charge in [-0.25, -0.2) is 4.98 Å². The molecule has 140 valence electrons. The number of benzene rings is 1. The van der Waals surface area contributed by atoms with Gasteiger partial charge in [0.15, 0.2) is 5.76 Å². The molecule has 9 heteroatoms. The molecule has 27 heavy (non-hydrogen) atoms. The number of amides is 1. The minimum Gasteiger partial charge on any atom is -0.461 e. The lowest BCUT2D eigenvalue weighted by Crippen LogP contribution is -2.25. The number of nitrogens with zero attached hydrogens (tertiary/aromatic N) is 2. The average Bonchev–Trinajstić information content (AvgIpc) is 3.04. The minimum absolute atomic E-state index is 0.151. The second-order valence-electron chi connectivity index (χ2n) is 6.37. The fourth-order valence-corrected chi connectivity index (χ4v) is 2.99. The van der Waals surface area contributed by atoms with Crippen molar-refractivity contribution in [2.24, 2.45) is 5.92 Å². The molecule has 2 unspecified atom stereocenters. The highest BCUT2D eigenvalue weighted by molar-refractivity contribution is 5.82. The van der Waals surface area contributed by atoms with Gasteiger partial charge < -0.3 is 9.73 Å². The van der Waals surface area contributed by atoms with Gasteiger partial charge >= 0.3 is 6.18 Å². The molecule has 0 radical (unpaired) electrons. The summed E-state index contributed by atoms with van der Waals surface area (Å²) in [5, 5.41) is 9.46. The summed E-state index contributed by atoms with van der Waals surface area (Å²) in [5.74, 6) is 0.620. The van der Waals surface area contributed by atoms with Crippen molar-refractivity contribution in [1.82, 2.24) is 20.5 Å². The summed E-state index contributed by atoms with van der Waals surface area (Å²) in [6, 6.07) is 8.57. The molecular weight excluding hydrogens is 361 g/mol. The molecule has 2 heterocycles. The summed E-state index contributed by atoms with van der Waals surface area (Å²) in [6.07, 6.45) is -2.35. The lowest BCUT2D eigenvalue weighted by molar-refractivity contribution is -0.137. The third-order valence-electron chi connectivity index (χ3n) is 4.47. The molecule has 6 nitrogen and oxygen atoms in total. The van der Waals surface area contributed by atoms with Crippen LogP contribution in [0.4, 0.5) is 13.2 Å². The predicted molar refractivity (Wildman–Crippen MR) is 88.2 cm³/mol. The number of aromatic nitrogens is 3. The third kappa shape index (κ3) is 3.71. The molecule has 4 rings (SSSR count). The zero-order valence-electron chi connectivity index (χ0n) is 14.0. The molecule has 2 aromatic heterocycles. The van der Waals surface area contributed by atoms with Crippen LogP contribution < -0.4 is 5.32 Å². The summed E-state index contributed by atoms with van der Waals surface area (Å²) in [4.78, 5) is 16.5. The molecule has 0 aliphatic heterocycles. The van der Waals surface area contributed by atoms with Gasteiger partial charge in [-0.15, -0.1) is 5.10 Å². The molecular formula is C18H15F3N4O2. The molecule has 1 fully saturated rings. The smallest absolute Gasteiger partial charge is 0.416 e. The van der Waals surface area contributed by atoms with Gasteiger partial charge in [0.1, 0.15) is 5.82 Å². The molecule has 1 aromatic carbocycles. The highest BCUT2D eigenvalue weighted by Gasteiger charge is 2.44. The number of carbonyl (C=O) groups excluding carboxylic acids is 1. The quantitative estimate of drug-likeness (QED) is 0.714. The van der Waals surface area contributed by atoms with Crippen LogP contribution in [0.15, 0.2) is 47.1 Å². The van der Waals surface area contributed by atoms with E-state index in [1.165, 1.54) is 12.3 Å². The Morgan fingerprint density at radius 1 is 1.30 bits per heavy atom. The molecule has 1 amide bonds. The second kappa shape index (κ2) is 6.57. The first-order valence-electron chi connectivity index (χ1n) is 8.32. The van der Waals surface area contributed by atoms with Crippen LogP contribution in [0.25, 0.3) is 11.6 Å². The van der Waals surface area contributed by atoms with E-state index < -0.39 is 11.7 Å². The number of halogens is 3. The first kappa shape index (κ1) is 17.3. The van der Waals surface area contributed by atoms with Crippen LogP contribution in [0, 0.1) is 5.92 Å². The molecule has 2 atom stereocenters. The lowest BCUT2D eigenvalue weighted by Gasteiger charge is -2.08. The normalized spacial score (nSPS) is 19.1. The standard InChI is InChI=1S/C18H15F3N4O2/c19-18(20,21)11-4-1-3-10(7-11)12-8-13(12)17(26)22-9-15-23-16(25-24-15)14-5-2-6-27-14/h1-7,12-13H,8-9H2,(H,22,26)(H,23,24,25). The number of aromatic amines is 1. The maximum atomic E-state index is 12.8. The third-order valence-corrected chi connectivity index (χ3v) is 4.47. The lowest BCUT2D eigenvalue weighted by atomic mass is 10.1. The monoisotopic (exact) mass is 376 g/mol. The first-order valence-corrected chi connectivity index (χ1v) is 8.32. The van der Waals surface area contributed by atoms with Crippen molar-refractivity contribution in [3.63, 3.8) is 0 Å². The van der Waals surface area contributed by atoms with E-state index in [0.717, 1.165) is 12.1 Å². The number of rotatable bonds is 5. The van der Waals surface area contributed by atoms with Crippen LogP contribution in [-0.2, 0) is 17.5 Å². The van der Waals surface area contributed by atoms with Gasteiger partial charge in [-0.05, 0) is 36.1 Å². The van der Waals surface area contributed by atoms with Gasteiger partial charge in [-0.3, -0.25) is 9.89 Å². The maximum absolute atomic E-state index is 12.8. The SMILES string of the molecule is O=C(NCc1nc(-c2ccco2)n[nH]1)C1CC1c1cccc(C(F)(F)F)c1. The molecule has 0 spiro atoms. The molecule has 2 N–H and O–H groups in total. The van der Waals surface area contributed by atoms with E-state index in [0.29, 0.717) is 29.4 Å². The number of furan rings is 1. The van der Waals surface area contributed by atoms with Crippen LogP contribution in [0.1, 0.15) is 29.3 Å². The van der Waals surface area contributed by atoms with E-state index in [1.807, 2.05) is 0 Å². The Morgan fingerprint density at radius 2 is 2.15 bits per heavy atom. The molecule has 0 bridgehead atoms. The van der Waals surface area contributed by atoms with Crippen LogP contribution in [0.3, 0.4) is 0 Å². The van der Waals surface area contributed by atoms with E-state index in [4.69, 9.17) is 4.42 Å². The van der Waals surface area contributed by atoms with Crippen molar-refractivity contribution in [1.29, 1.82) is 0 Å². The van der Waals surface area contributed by atoms with Gasteiger partial charge in [0.05, 0.1) is 18.4 Å². The van der Waals surface area contributed by atoms with E-state index >= 15 is 0 Å². The first-order chi connectivity index (χ1) is 12.9. The number of alkyl halides is 3. The molecule has 0 saturated heterocycles. The summed E-state index contributed by atoms with van der Waals surface area (Å²) in [5.41, 5.74) is -0.164. The highest BCUT2D eigenvalue weighted by Crippen LogP contribution is 2.48. The van der Waals surface area contributed by atoms with E-state index in [2.05, 4.69) is 20.5 Å². The van der Waals surface area contributed by atoms with Gasteiger partial charge in [0, 0.05) is 5.92 Å². The fraction of sp³-hybridized carbons (Fsp3) is 0.278. The van der Waals surface area contributed by atoms with Crippen molar-refractivity contribution < 1.29 is 22.4 Å². The van der Waals surface area contributed by atoms with Crippen LogP contribution >= 0.6 is 0 Å². The zero-order valence-corrected chi connectivity index (χ0v) is 14.0. The van der Waals surface area contributed by atoms with Crippen LogP contribution in [0.2, 0.25) is 0 Å². The number of carbonyl (C=O) groups is 1. The highest BCUT2D eigenvalue weighted by atomic mass is 19.4. The van der Waals surface area contributed by atoms with Crippen molar-refractivity contribution in [2.45, 2.75) is 25.1 Å². The number of H-pyrrole nitrogens is 1.